The lowest BCUT2D eigenvalue weighted by atomic mass is 10.2. The van der Waals surface area contributed by atoms with E-state index in [9.17, 15) is 9.90 Å². The third kappa shape index (κ3) is 5.01. The van der Waals surface area contributed by atoms with Gasteiger partial charge in [-0.1, -0.05) is 0 Å². The molecule has 1 aromatic rings. The van der Waals surface area contributed by atoms with Gasteiger partial charge in [-0.25, -0.2) is 0 Å². The van der Waals surface area contributed by atoms with E-state index in [1.54, 1.807) is 11.3 Å². The van der Waals surface area contributed by atoms with Gasteiger partial charge >= 0.3 is 0 Å². The van der Waals surface area contributed by atoms with Crippen molar-refractivity contribution in [3.63, 3.8) is 0 Å². The van der Waals surface area contributed by atoms with Crippen molar-refractivity contribution in [1.29, 1.82) is 0 Å². The van der Waals surface area contributed by atoms with E-state index in [1.807, 2.05) is 6.92 Å². The molecule has 0 aromatic carbocycles. The zero-order valence-electron chi connectivity index (χ0n) is 13.9. The summed E-state index contributed by atoms with van der Waals surface area (Å²) in [5.74, 6) is 0.266. The Bertz CT molecular complexity index is 494. The molecule has 1 saturated carbocycles. The number of thiophene rings is 1. The van der Waals surface area contributed by atoms with Crippen molar-refractivity contribution in [2.45, 2.75) is 38.5 Å². The van der Waals surface area contributed by atoms with E-state index < -0.39 is 0 Å². The van der Waals surface area contributed by atoms with Gasteiger partial charge in [0.15, 0.2) is 0 Å². The highest BCUT2D eigenvalue weighted by molar-refractivity contribution is 7.07. The average Bonchev–Trinajstić information content (AvgIpc) is 3.22. The maximum absolute atomic E-state index is 12.7. The van der Waals surface area contributed by atoms with E-state index in [1.165, 1.54) is 5.56 Å². The molecule has 1 saturated heterocycles. The molecule has 1 aliphatic heterocycles. The summed E-state index contributed by atoms with van der Waals surface area (Å²) in [5, 5.41) is 13.7. The predicted molar refractivity (Wildman–Crippen MR) is 92.5 cm³/mol. The summed E-state index contributed by atoms with van der Waals surface area (Å²) < 4.78 is 0. The van der Waals surface area contributed by atoms with Crippen LogP contribution in [0.1, 0.15) is 25.3 Å². The fraction of sp³-hybridized carbons (Fsp3) is 0.706. The summed E-state index contributed by atoms with van der Waals surface area (Å²) in [6, 6.07) is 2.57. The van der Waals surface area contributed by atoms with Gasteiger partial charge in [-0.05, 0) is 42.2 Å². The number of hydrogen-bond acceptors (Lipinski definition) is 5. The lowest BCUT2D eigenvalue weighted by Crippen LogP contribution is -2.51. The fourth-order valence-corrected chi connectivity index (χ4v) is 3.83. The van der Waals surface area contributed by atoms with Crippen LogP contribution in [0, 0.1) is 0 Å². The normalized spacial score (nSPS) is 21.3. The first-order chi connectivity index (χ1) is 11.1. The fourth-order valence-electron chi connectivity index (χ4n) is 3.17. The number of β-amino-alcohol motifs (C(OH)–C–C–N with tert-alkyl or cyclic N) is 1. The molecule has 1 N–H and O–H groups in total. The topological polar surface area (TPSA) is 47.0 Å². The Hall–Kier alpha value is -0.950. The summed E-state index contributed by atoms with van der Waals surface area (Å²) >= 11 is 1.69. The summed E-state index contributed by atoms with van der Waals surface area (Å²) in [5.41, 5.74) is 1.25. The van der Waals surface area contributed by atoms with E-state index >= 15 is 0 Å². The van der Waals surface area contributed by atoms with Crippen molar-refractivity contribution < 1.29 is 9.90 Å². The summed E-state index contributed by atoms with van der Waals surface area (Å²) in [6.07, 6.45) is 2.02. The number of piperazine rings is 1. The lowest BCUT2D eigenvalue weighted by Gasteiger charge is -2.35. The highest BCUT2D eigenvalue weighted by atomic mass is 32.1. The molecule has 6 heteroatoms. The molecule has 23 heavy (non-hydrogen) atoms. The van der Waals surface area contributed by atoms with Crippen molar-refractivity contribution >= 4 is 17.2 Å². The lowest BCUT2D eigenvalue weighted by molar-refractivity contribution is -0.134. The molecule has 1 amide bonds. The van der Waals surface area contributed by atoms with E-state index in [0.29, 0.717) is 12.6 Å². The van der Waals surface area contributed by atoms with Gasteiger partial charge in [-0.2, -0.15) is 11.3 Å². The van der Waals surface area contributed by atoms with Crippen LogP contribution in [0.5, 0.6) is 0 Å². The second kappa shape index (κ2) is 7.75. The highest BCUT2D eigenvalue weighted by Crippen LogP contribution is 2.29. The minimum absolute atomic E-state index is 0.266. The van der Waals surface area contributed by atoms with Crippen molar-refractivity contribution in [1.82, 2.24) is 14.7 Å². The van der Waals surface area contributed by atoms with Crippen LogP contribution in [-0.2, 0) is 11.3 Å². The number of carbonyl (C=O) groups is 1. The Morgan fingerprint density at radius 2 is 2.04 bits per heavy atom. The van der Waals surface area contributed by atoms with Gasteiger partial charge in [0.05, 0.1) is 12.6 Å². The second-order valence-corrected chi connectivity index (χ2v) is 7.59. The van der Waals surface area contributed by atoms with Gasteiger partial charge in [0.1, 0.15) is 0 Å². The van der Waals surface area contributed by atoms with Crippen LogP contribution in [0.4, 0.5) is 0 Å². The van der Waals surface area contributed by atoms with Crippen molar-refractivity contribution in [3.8, 4) is 0 Å². The van der Waals surface area contributed by atoms with Gasteiger partial charge < -0.3 is 10.0 Å². The number of aliphatic hydroxyl groups excluding tert-OH is 1. The van der Waals surface area contributed by atoms with Crippen molar-refractivity contribution in [2.75, 3.05) is 39.3 Å². The molecule has 2 aliphatic rings. The van der Waals surface area contributed by atoms with Crippen LogP contribution >= 0.6 is 11.3 Å². The molecule has 2 heterocycles. The molecule has 3 rings (SSSR count). The van der Waals surface area contributed by atoms with E-state index in [0.717, 1.165) is 52.1 Å². The molecular formula is C17H27N3O2S. The molecule has 128 valence electrons. The van der Waals surface area contributed by atoms with Crippen molar-refractivity contribution in [3.05, 3.63) is 22.4 Å². The van der Waals surface area contributed by atoms with Crippen LogP contribution in [0.15, 0.2) is 16.8 Å². The van der Waals surface area contributed by atoms with Gasteiger partial charge in [0.25, 0.3) is 0 Å². The number of rotatable bonds is 7. The Morgan fingerprint density at radius 1 is 1.35 bits per heavy atom. The molecule has 2 fully saturated rings. The van der Waals surface area contributed by atoms with Crippen LogP contribution in [-0.4, -0.2) is 77.1 Å². The Balaban J connectivity index is 1.48. The number of carbonyl (C=O) groups excluding carboxylic acids is 1. The molecule has 1 aliphatic carbocycles. The Labute approximate surface area is 142 Å². The molecule has 1 atom stereocenters. The largest absolute Gasteiger partial charge is 0.392 e. The molecule has 1 aromatic heterocycles. The minimum atomic E-state index is -0.279. The quantitative estimate of drug-likeness (QED) is 0.813. The number of nitrogens with zero attached hydrogens (tertiary/aromatic N) is 3. The van der Waals surface area contributed by atoms with Crippen LogP contribution in [0.25, 0.3) is 0 Å². The number of hydrogen-bond donors (Lipinski definition) is 1. The molecule has 0 unspecified atom stereocenters. The molecule has 0 radical (unpaired) electrons. The number of amides is 1. The minimum Gasteiger partial charge on any atom is -0.392 e. The van der Waals surface area contributed by atoms with Crippen LogP contribution < -0.4 is 0 Å². The summed E-state index contributed by atoms with van der Waals surface area (Å²) in [6.45, 7) is 7.54. The van der Waals surface area contributed by atoms with E-state index in [-0.39, 0.29) is 12.0 Å². The summed E-state index contributed by atoms with van der Waals surface area (Å²) in [4.78, 5) is 19.3. The third-order valence-electron chi connectivity index (χ3n) is 4.59. The van der Waals surface area contributed by atoms with Crippen molar-refractivity contribution in [2.24, 2.45) is 0 Å². The predicted octanol–water partition coefficient (Wildman–Crippen LogP) is 1.24. The smallest absolute Gasteiger partial charge is 0.237 e. The van der Waals surface area contributed by atoms with Gasteiger partial charge in [-0.3, -0.25) is 14.6 Å². The van der Waals surface area contributed by atoms with E-state index in [4.69, 9.17) is 0 Å². The third-order valence-corrected chi connectivity index (χ3v) is 5.32. The Morgan fingerprint density at radius 3 is 2.61 bits per heavy atom. The molecule has 0 spiro atoms. The second-order valence-electron chi connectivity index (χ2n) is 6.81. The Kier molecular flexibility index (Phi) is 5.69. The van der Waals surface area contributed by atoms with Gasteiger partial charge in [0.2, 0.25) is 5.91 Å². The summed E-state index contributed by atoms with van der Waals surface area (Å²) in [7, 11) is 0. The average molecular weight is 337 g/mol. The van der Waals surface area contributed by atoms with Gasteiger partial charge in [0, 0.05) is 45.3 Å². The first-order valence-electron chi connectivity index (χ1n) is 8.55. The number of aliphatic hydroxyl groups is 1. The zero-order chi connectivity index (χ0) is 16.2. The SMILES string of the molecule is C[C@@H](O)CN1CCN(CC(=O)N(Cc2ccsc2)C2CC2)CC1. The van der Waals surface area contributed by atoms with Crippen LogP contribution in [0.3, 0.4) is 0 Å². The highest BCUT2D eigenvalue weighted by Gasteiger charge is 2.33. The maximum atomic E-state index is 12.7. The monoisotopic (exact) mass is 337 g/mol. The first-order valence-corrected chi connectivity index (χ1v) is 9.49. The van der Waals surface area contributed by atoms with Gasteiger partial charge in [-0.15, -0.1) is 0 Å². The standard InChI is InChI=1S/C17H27N3O2S/c1-14(21)10-18-5-7-19(8-6-18)12-17(22)20(16-2-3-16)11-15-4-9-23-13-15/h4,9,13-14,16,21H,2-3,5-8,10-12H2,1H3/t14-/m1/s1. The molecule has 0 bridgehead atoms. The molecule has 5 nitrogen and oxygen atoms in total. The first kappa shape index (κ1) is 16.9. The van der Waals surface area contributed by atoms with Crippen LogP contribution in [0.2, 0.25) is 0 Å². The zero-order valence-corrected chi connectivity index (χ0v) is 14.7. The van der Waals surface area contributed by atoms with E-state index in [2.05, 4.69) is 31.5 Å². The maximum Gasteiger partial charge on any atom is 0.237 e. The molecular weight excluding hydrogens is 310 g/mol.